The predicted molar refractivity (Wildman–Crippen MR) is 64.0 cm³/mol. The van der Waals surface area contributed by atoms with Crippen LogP contribution in [0.4, 0.5) is 0 Å². The first-order valence-corrected chi connectivity index (χ1v) is 7.13. The highest BCUT2D eigenvalue weighted by atomic mass is 32.2. The fourth-order valence-electron chi connectivity index (χ4n) is 1.83. The number of methoxy groups -OCH3 is 1. The fourth-order valence-corrected chi connectivity index (χ4v) is 3.59. The zero-order chi connectivity index (χ0) is 13.2. The number of nitrogens with zero attached hydrogens (tertiary/aromatic N) is 1. The van der Waals surface area contributed by atoms with Crippen LogP contribution in [0.15, 0.2) is 0 Å². The van der Waals surface area contributed by atoms with Gasteiger partial charge in [0, 0.05) is 25.2 Å². The molecule has 0 radical (unpaired) electrons. The first kappa shape index (κ1) is 14.4. The van der Waals surface area contributed by atoms with Gasteiger partial charge in [-0.05, 0) is 20.8 Å². The molecular weight excluding hydrogens is 244 g/mol. The van der Waals surface area contributed by atoms with Gasteiger partial charge in [-0.15, -0.1) is 0 Å². The van der Waals surface area contributed by atoms with E-state index in [1.54, 1.807) is 0 Å². The first-order chi connectivity index (χ1) is 7.80. The summed E-state index contributed by atoms with van der Waals surface area (Å²) in [6.45, 7) is 6.07. The van der Waals surface area contributed by atoms with Crippen molar-refractivity contribution in [3.8, 4) is 0 Å². The van der Waals surface area contributed by atoms with Gasteiger partial charge in [0.15, 0.2) is 5.25 Å². The number of nitrogens with one attached hydrogen (secondary N) is 1. The molecule has 17 heavy (non-hydrogen) atoms. The Bertz CT molecular complexity index is 382. The summed E-state index contributed by atoms with van der Waals surface area (Å²) in [5.41, 5.74) is 0. The second-order valence-corrected chi connectivity index (χ2v) is 6.64. The predicted octanol–water partition coefficient (Wildman–Crippen LogP) is -0.440. The number of rotatable bonds is 3. The third-order valence-corrected chi connectivity index (χ3v) is 5.26. The van der Waals surface area contributed by atoms with Crippen molar-refractivity contribution in [2.75, 3.05) is 20.2 Å². The molecule has 0 aromatic carbocycles. The highest BCUT2D eigenvalue weighted by Crippen LogP contribution is 2.17. The highest BCUT2D eigenvalue weighted by Gasteiger charge is 2.39. The maximum Gasteiger partial charge on any atom is 0.325 e. The minimum Gasteiger partial charge on any atom is -0.468 e. The molecular formula is C10H20N2O4S. The van der Waals surface area contributed by atoms with E-state index in [2.05, 4.69) is 10.1 Å². The number of carbonyl (C=O) groups excluding carboxylic acids is 1. The minimum atomic E-state index is -3.64. The average Bonchev–Trinajstić information content (AvgIpc) is 2.30. The number of sulfonamides is 1. The van der Waals surface area contributed by atoms with Crippen LogP contribution in [0.5, 0.6) is 0 Å². The van der Waals surface area contributed by atoms with Crippen LogP contribution < -0.4 is 5.32 Å². The summed E-state index contributed by atoms with van der Waals surface area (Å²) in [5.74, 6) is -0.719. The molecule has 0 aromatic heterocycles. The Morgan fingerprint density at radius 1 is 1.47 bits per heavy atom. The molecule has 1 rings (SSSR count). The van der Waals surface area contributed by atoms with E-state index in [9.17, 15) is 13.2 Å². The zero-order valence-electron chi connectivity index (χ0n) is 10.6. The molecule has 6 nitrogen and oxygen atoms in total. The zero-order valence-corrected chi connectivity index (χ0v) is 11.5. The molecule has 0 aromatic rings. The lowest BCUT2D eigenvalue weighted by Crippen LogP contribution is -2.58. The van der Waals surface area contributed by atoms with Gasteiger partial charge in [-0.2, -0.15) is 4.31 Å². The Labute approximate surface area is 102 Å². The quantitative estimate of drug-likeness (QED) is 0.699. The molecule has 3 atom stereocenters. The van der Waals surface area contributed by atoms with E-state index in [4.69, 9.17) is 0 Å². The van der Waals surface area contributed by atoms with E-state index in [0.29, 0.717) is 13.1 Å². The molecule has 0 amide bonds. The lowest BCUT2D eigenvalue weighted by Gasteiger charge is -2.37. The van der Waals surface area contributed by atoms with Gasteiger partial charge in [-0.3, -0.25) is 4.79 Å². The Morgan fingerprint density at radius 3 is 2.59 bits per heavy atom. The molecule has 0 aliphatic carbocycles. The Hall–Kier alpha value is -0.660. The molecule has 0 spiro atoms. The van der Waals surface area contributed by atoms with Gasteiger partial charge in [0.2, 0.25) is 10.0 Å². The largest absolute Gasteiger partial charge is 0.468 e. The second kappa shape index (κ2) is 5.32. The third-order valence-electron chi connectivity index (χ3n) is 3.01. The van der Waals surface area contributed by atoms with Crippen molar-refractivity contribution in [3.05, 3.63) is 0 Å². The van der Waals surface area contributed by atoms with Crippen LogP contribution in [0.1, 0.15) is 20.8 Å². The van der Waals surface area contributed by atoms with Crippen molar-refractivity contribution in [1.29, 1.82) is 0 Å². The van der Waals surface area contributed by atoms with Gasteiger partial charge >= 0.3 is 5.97 Å². The molecule has 100 valence electrons. The summed E-state index contributed by atoms with van der Waals surface area (Å²) in [6, 6.07) is -0.0610. The SMILES string of the molecule is COC(=O)C(C)S(=O)(=O)N1CC(C)NCC1C. The summed E-state index contributed by atoms with van der Waals surface area (Å²) in [6.07, 6.45) is 0. The summed E-state index contributed by atoms with van der Waals surface area (Å²) in [4.78, 5) is 11.3. The van der Waals surface area contributed by atoms with Crippen molar-refractivity contribution in [1.82, 2.24) is 9.62 Å². The van der Waals surface area contributed by atoms with E-state index in [1.165, 1.54) is 18.3 Å². The lowest BCUT2D eigenvalue weighted by molar-refractivity contribution is -0.139. The highest BCUT2D eigenvalue weighted by molar-refractivity contribution is 7.90. The van der Waals surface area contributed by atoms with E-state index < -0.39 is 21.2 Å². The number of carbonyl (C=O) groups is 1. The molecule has 1 aliphatic rings. The lowest BCUT2D eigenvalue weighted by atomic mass is 10.2. The van der Waals surface area contributed by atoms with Crippen molar-refractivity contribution >= 4 is 16.0 Å². The van der Waals surface area contributed by atoms with Crippen molar-refractivity contribution in [3.63, 3.8) is 0 Å². The van der Waals surface area contributed by atoms with Gasteiger partial charge in [0.1, 0.15) is 0 Å². The Balaban J connectivity index is 2.92. The molecule has 1 aliphatic heterocycles. The molecule has 1 heterocycles. The van der Waals surface area contributed by atoms with Crippen LogP contribution in [-0.2, 0) is 19.6 Å². The number of ether oxygens (including phenoxy) is 1. The van der Waals surface area contributed by atoms with Gasteiger partial charge in [-0.25, -0.2) is 8.42 Å². The van der Waals surface area contributed by atoms with Gasteiger partial charge in [0.05, 0.1) is 7.11 Å². The molecule has 3 unspecified atom stereocenters. The van der Waals surface area contributed by atoms with Gasteiger partial charge in [-0.1, -0.05) is 0 Å². The van der Waals surface area contributed by atoms with Crippen LogP contribution in [0.3, 0.4) is 0 Å². The Kier molecular flexibility index (Phi) is 4.51. The van der Waals surface area contributed by atoms with E-state index in [0.717, 1.165) is 0 Å². The molecule has 7 heteroatoms. The number of esters is 1. The van der Waals surface area contributed by atoms with Crippen LogP contribution in [0.2, 0.25) is 0 Å². The fraction of sp³-hybridized carbons (Fsp3) is 0.900. The molecule has 1 saturated heterocycles. The van der Waals surface area contributed by atoms with Crippen molar-refractivity contribution < 1.29 is 17.9 Å². The maximum absolute atomic E-state index is 12.2. The van der Waals surface area contributed by atoms with Crippen molar-refractivity contribution in [2.45, 2.75) is 38.1 Å². The summed E-state index contributed by atoms with van der Waals surface area (Å²) < 4.78 is 30.4. The molecule has 1 N–H and O–H groups in total. The monoisotopic (exact) mass is 264 g/mol. The smallest absolute Gasteiger partial charge is 0.325 e. The van der Waals surface area contributed by atoms with Crippen LogP contribution in [-0.4, -0.2) is 56.2 Å². The summed E-state index contributed by atoms with van der Waals surface area (Å²) in [7, 11) is -2.44. The molecule has 0 saturated carbocycles. The normalized spacial score (nSPS) is 28.7. The first-order valence-electron chi connectivity index (χ1n) is 5.62. The number of hydrogen-bond acceptors (Lipinski definition) is 5. The second-order valence-electron chi connectivity index (χ2n) is 4.44. The van der Waals surface area contributed by atoms with Gasteiger partial charge < -0.3 is 10.1 Å². The topological polar surface area (TPSA) is 75.7 Å². The average molecular weight is 264 g/mol. The van der Waals surface area contributed by atoms with E-state index >= 15 is 0 Å². The van der Waals surface area contributed by atoms with Crippen molar-refractivity contribution in [2.24, 2.45) is 0 Å². The summed E-state index contributed by atoms with van der Waals surface area (Å²) in [5, 5.41) is 2.04. The maximum atomic E-state index is 12.2. The Morgan fingerprint density at radius 2 is 2.06 bits per heavy atom. The van der Waals surface area contributed by atoms with Crippen LogP contribution >= 0.6 is 0 Å². The molecule has 0 bridgehead atoms. The van der Waals surface area contributed by atoms with Gasteiger partial charge in [0.25, 0.3) is 0 Å². The van der Waals surface area contributed by atoms with E-state index in [1.807, 2.05) is 13.8 Å². The summed E-state index contributed by atoms with van der Waals surface area (Å²) >= 11 is 0. The minimum absolute atomic E-state index is 0.0887. The number of hydrogen-bond donors (Lipinski definition) is 1. The van der Waals surface area contributed by atoms with Crippen LogP contribution in [0.25, 0.3) is 0 Å². The molecule has 1 fully saturated rings. The number of piperazine rings is 1. The standard InChI is InChI=1S/C10H20N2O4S/c1-7-6-12(8(2)5-11-7)17(14,15)9(3)10(13)16-4/h7-9,11H,5-6H2,1-4H3. The van der Waals surface area contributed by atoms with Crippen LogP contribution in [0, 0.1) is 0 Å². The van der Waals surface area contributed by atoms with E-state index in [-0.39, 0.29) is 12.1 Å². The third kappa shape index (κ3) is 2.97.